The van der Waals surface area contributed by atoms with Crippen LogP contribution in [0, 0.1) is 0 Å². The van der Waals surface area contributed by atoms with Gasteiger partial charge in [-0.25, -0.2) is 0 Å². The molecule has 1 heterocycles. The van der Waals surface area contributed by atoms with Gasteiger partial charge in [0.2, 0.25) is 6.79 Å². The van der Waals surface area contributed by atoms with Crippen molar-refractivity contribution in [1.82, 2.24) is 4.90 Å². The van der Waals surface area contributed by atoms with Crippen LogP contribution in [0.15, 0.2) is 18.2 Å². The predicted molar refractivity (Wildman–Crippen MR) is 81.1 cm³/mol. The first-order chi connectivity index (χ1) is 10.6. The monoisotopic (exact) mass is 309 g/mol. The Kier molecular flexibility index (Phi) is 6.03. The lowest BCUT2D eigenvalue weighted by Crippen LogP contribution is -2.29. The molecule has 0 bridgehead atoms. The highest BCUT2D eigenvalue weighted by atomic mass is 16.7. The largest absolute Gasteiger partial charge is 0.481 e. The van der Waals surface area contributed by atoms with Crippen LogP contribution >= 0.6 is 0 Å². The third kappa shape index (κ3) is 4.61. The van der Waals surface area contributed by atoms with Crippen molar-refractivity contribution >= 4 is 5.97 Å². The van der Waals surface area contributed by atoms with E-state index in [1.165, 1.54) is 0 Å². The third-order valence-electron chi connectivity index (χ3n) is 3.68. The molecule has 1 unspecified atom stereocenters. The Labute approximate surface area is 130 Å². The minimum Gasteiger partial charge on any atom is -0.481 e. The fourth-order valence-corrected chi connectivity index (χ4v) is 2.50. The topological polar surface area (TPSA) is 79.2 Å². The molecular formula is C16H23NO5. The van der Waals surface area contributed by atoms with E-state index >= 15 is 0 Å². The molecule has 1 aliphatic heterocycles. The van der Waals surface area contributed by atoms with Crippen LogP contribution in [-0.4, -0.2) is 47.5 Å². The van der Waals surface area contributed by atoms with Gasteiger partial charge in [-0.1, -0.05) is 13.0 Å². The van der Waals surface area contributed by atoms with Gasteiger partial charge in [0.1, 0.15) is 0 Å². The van der Waals surface area contributed by atoms with E-state index in [9.17, 15) is 9.90 Å². The van der Waals surface area contributed by atoms with Gasteiger partial charge >= 0.3 is 5.97 Å². The maximum absolute atomic E-state index is 10.7. The molecular weight excluding hydrogens is 286 g/mol. The number of aliphatic carboxylic acids is 1. The number of hydrogen-bond acceptors (Lipinski definition) is 5. The summed E-state index contributed by atoms with van der Waals surface area (Å²) in [5, 5.41) is 19.1. The number of aliphatic hydroxyl groups is 1. The molecule has 1 aromatic rings. The van der Waals surface area contributed by atoms with Gasteiger partial charge < -0.3 is 24.6 Å². The van der Waals surface area contributed by atoms with Gasteiger partial charge in [-0.2, -0.15) is 0 Å². The van der Waals surface area contributed by atoms with E-state index < -0.39 is 12.1 Å². The van der Waals surface area contributed by atoms with Crippen molar-refractivity contribution < 1.29 is 24.5 Å². The first kappa shape index (κ1) is 16.6. The normalized spacial score (nSPS) is 14.3. The molecule has 0 saturated heterocycles. The molecule has 1 atom stereocenters. The summed E-state index contributed by atoms with van der Waals surface area (Å²) in [4.78, 5) is 12.7. The zero-order valence-corrected chi connectivity index (χ0v) is 12.8. The molecule has 0 amide bonds. The van der Waals surface area contributed by atoms with Crippen LogP contribution in [0.4, 0.5) is 0 Å². The molecule has 0 aliphatic carbocycles. The molecule has 0 saturated carbocycles. The minimum absolute atomic E-state index is 0.125. The van der Waals surface area contributed by atoms with Crippen LogP contribution in [0.5, 0.6) is 11.5 Å². The van der Waals surface area contributed by atoms with Gasteiger partial charge in [0.25, 0.3) is 0 Å². The highest BCUT2D eigenvalue weighted by molar-refractivity contribution is 5.66. The second-order valence-corrected chi connectivity index (χ2v) is 5.40. The second kappa shape index (κ2) is 8.00. The van der Waals surface area contributed by atoms with Gasteiger partial charge in [0, 0.05) is 13.1 Å². The summed E-state index contributed by atoms with van der Waals surface area (Å²) in [5.41, 5.74) is 0.791. The molecule has 1 aliphatic rings. The maximum Gasteiger partial charge on any atom is 0.304 e. The Balaban J connectivity index is 1.87. The lowest BCUT2D eigenvalue weighted by molar-refractivity contribution is -0.137. The van der Waals surface area contributed by atoms with Crippen LogP contribution in [0.1, 0.15) is 37.9 Å². The summed E-state index contributed by atoms with van der Waals surface area (Å²) in [6, 6.07) is 5.43. The number of carboxylic acid groups (broad SMARTS) is 1. The molecule has 22 heavy (non-hydrogen) atoms. The molecule has 122 valence electrons. The van der Waals surface area contributed by atoms with Crippen LogP contribution in [0.2, 0.25) is 0 Å². The Hall–Kier alpha value is -1.79. The highest BCUT2D eigenvalue weighted by Crippen LogP contribution is 2.34. The van der Waals surface area contributed by atoms with Crippen molar-refractivity contribution in [3.05, 3.63) is 23.8 Å². The van der Waals surface area contributed by atoms with Crippen molar-refractivity contribution in [2.24, 2.45) is 0 Å². The smallest absolute Gasteiger partial charge is 0.304 e. The molecule has 2 N–H and O–H groups in total. The zero-order valence-electron chi connectivity index (χ0n) is 12.8. The van der Waals surface area contributed by atoms with Crippen LogP contribution in [0.3, 0.4) is 0 Å². The van der Waals surface area contributed by atoms with Crippen LogP contribution in [-0.2, 0) is 4.79 Å². The summed E-state index contributed by atoms with van der Waals surface area (Å²) >= 11 is 0. The standard InChI is InChI=1S/C16H23NO5/c1-2-7-17(9-6-16(19)20)8-5-13(18)12-3-4-14-15(10-12)22-11-21-14/h3-4,10,13,18H,2,5-9,11H2,1H3,(H,19,20). The average Bonchev–Trinajstić information content (AvgIpc) is 2.97. The number of carboxylic acids is 1. The Morgan fingerprint density at radius 2 is 2.05 bits per heavy atom. The molecule has 0 radical (unpaired) electrons. The summed E-state index contributed by atoms with van der Waals surface area (Å²) in [6.07, 6.45) is 1.04. The lowest BCUT2D eigenvalue weighted by atomic mass is 10.1. The Morgan fingerprint density at radius 1 is 1.27 bits per heavy atom. The first-order valence-corrected chi connectivity index (χ1v) is 7.62. The summed E-state index contributed by atoms with van der Waals surface area (Å²) in [7, 11) is 0. The number of benzene rings is 1. The van der Waals surface area contributed by atoms with E-state index in [1.807, 2.05) is 6.07 Å². The lowest BCUT2D eigenvalue weighted by Gasteiger charge is -2.22. The molecule has 6 heteroatoms. The summed E-state index contributed by atoms with van der Waals surface area (Å²) < 4.78 is 10.6. The van der Waals surface area contributed by atoms with Crippen molar-refractivity contribution in [1.29, 1.82) is 0 Å². The highest BCUT2D eigenvalue weighted by Gasteiger charge is 2.17. The Bertz CT molecular complexity index is 505. The first-order valence-electron chi connectivity index (χ1n) is 7.62. The molecule has 2 rings (SSSR count). The summed E-state index contributed by atoms with van der Waals surface area (Å²) in [6.45, 7) is 4.28. The Morgan fingerprint density at radius 3 is 2.77 bits per heavy atom. The molecule has 0 spiro atoms. The van der Waals surface area contributed by atoms with Crippen molar-refractivity contribution in [3.8, 4) is 11.5 Å². The predicted octanol–water partition coefficient (Wildman–Crippen LogP) is 2.03. The van der Waals surface area contributed by atoms with Crippen molar-refractivity contribution in [2.75, 3.05) is 26.4 Å². The fraction of sp³-hybridized carbons (Fsp3) is 0.562. The van der Waals surface area contributed by atoms with Crippen LogP contribution < -0.4 is 9.47 Å². The van der Waals surface area contributed by atoms with Gasteiger partial charge in [-0.3, -0.25) is 4.79 Å². The maximum atomic E-state index is 10.7. The number of rotatable bonds is 9. The number of aliphatic hydroxyl groups excluding tert-OH is 1. The number of nitrogens with zero attached hydrogens (tertiary/aromatic N) is 1. The molecule has 0 aromatic heterocycles. The SMILES string of the molecule is CCCN(CCC(=O)O)CCC(O)c1ccc2c(c1)OCO2. The van der Waals surface area contributed by atoms with Crippen molar-refractivity contribution in [2.45, 2.75) is 32.3 Å². The van der Waals surface area contributed by atoms with E-state index in [2.05, 4.69) is 11.8 Å². The van der Waals surface area contributed by atoms with E-state index in [0.29, 0.717) is 31.0 Å². The summed E-state index contributed by atoms with van der Waals surface area (Å²) in [5.74, 6) is 0.565. The van der Waals surface area contributed by atoms with Gasteiger partial charge in [0.15, 0.2) is 11.5 Å². The number of carbonyl (C=O) groups is 1. The van der Waals surface area contributed by atoms with E-state index in [4.69, 9.17) is 14.6 Å². The van der Waals surface area contributed by atoms with Gasteiger partial charge in [-0.15, -0.1) is 0 Å². The molecule has 0 fully saturated rings. The second-order valence-electron chi connectivity index (χ2n) is 5.40. The van der Waals surface area contributed by atoms with Crippen molar-refractivity contribution in [3.63, 3.8) is 0 Å². The quantitative estimate of drug-likeness (QED) is 0.726. The number of fused-ring (bicyclic) bond motifs is 1. The van der Waals surface area contributed by atoms with E-state index in [0.717, 1.165) is 18.5 Å². The zero-order chi connectivity index (χ0) is 15.9. The average molecular weight is 309 g/mol. The minimum atomic E-state index is -0.794. The van der Waals surface area contributed by atoms with Gasteiger partial charge in [-0.05, 0) is 37.1 Å². The van der Waals surface area contributed by atoms with Crippen LogP contribution in [0.25, 0.3) is 0 Å². The van der Waals surface area contributed by atoms with E-state index in [1.54, 1.807) is 12.1 Å². The molecule has 1 aromatic carbocycles. The fourth-order valence-electron chi connectivity index (χ4n) is 2.50. The number of hydrogen-bond donors (Lipinski definition) is 2. The molecule has 6 nitrogen and oxygen atoms in total. The van der Waals surface area contributed by atoms with Gasteiger partial charge in [0.05, 0.1) is 12.5 Å². The number of ether oxygens (including phenoxy) is 2. The van der Waals surface area contributed by atoms with E-state index in [-0.39, 0.29) is 13.2 Å². The third-order valence-corrected chi connectivity index (χ3v) is 3.68.